The number of aromatic nitrogens is 1. The number of H-pyrrole nitrogens is 1. The molecule has 0 bridgehead atoms. The van der Waals surface area contributed by atoms with Crippen LogP contribution in [0.3, 0.4) is 0 Å². The lowest BCUT2D eigenvalue weighted by atomic mass is 9.87. The lowest BCUT2D eigenvalue weighted by molar-refractivity contribution is 1.04. The minimum atomic E-state index is -0.304. The minimum absolute atomic E-state index is 0.208. The van der Waals surface area contributed by atoms with Crippen LogP contribution in [0.15, 0.2) is 23.0 Å². The summed E-state index contributed by atoms with van der Waals surface area (Å²) in [4.78, 5) is 14.8. The largest absolute Gasteiger partial charge is 0.325 e. The Morgan fingerprint density at radius 1 is 1.05 bits per heavy atom. The first-order chi connectivity index (χ1) is 10.5. The van der Waals surface area contributed by atoms with Crippen LogP contribution in [-0.4, -0.2) is 4.98 Å². The molecule has 2 rings (SSSR count). The molecule has 0 spiro atoms. The molecule has 1 aromatic heterocycles. The molecule has 114 valence electrons. The van der Waals surface area contributed by atoms with Crippen molar-refractivity contribution in [2.45, 2.75) is 47.0 Å². The van der Waals surface area contributed by atoms with E-state index in [1.165, 1.54) is 16.7 Å². The van der Waals surface area contributed by atoms with Crippen LogP contribution >= 0.6 is 0 Å². The van der Waals surface area contributed by atoms with Crippen LogP contribution in [0, 0.1) is 18.3 Å². The van der Waals surface area contributed by atoms with Crippen molar-refractivity contribution in [2.75, 3.05) is 0 Å². The van der Waals surface area contributed by atoms with Crippen LogP contribution in [-0.2, 0) is 19.3 Å². The molecule has 0 radical (unpaired) electrons. The highest BCUT2D eigenvalue weighted by Gasteiger charge is 2.17. The molecular weight excluding hydrogens is 272 g/mol. The Hall–Kier alpha value is -2.34. The van der Waals surface area contributed by atoms with Gasteiger partial charge in [-0.3, -0.25) is 4.79 Å². The molecule has 0 saturated carbocycles. The molecule has 22 heavy (non-hydrogen) atoms. The fourth-order valence-corrected chi connectivity index (χ4v) is 2.94. The van der Waals surface area contributed by atoms with E-state index in [-0.39, 0.29) is 11.1 Å². The highest BCUT2D eigenvalue weighted by atomic mass is 16.1. The van der Waals surface area contributed by atoms with E-state index in [0.29, 0.717) is 0 Å². The third kappa shape index (κ3) is 2.82. The first-order valence-corrected chi connectivity index (χ1v) is 7.84. The zero-order valence-corrected chi connectivity index (χ0v) is 13.7. The number of rotatable bonds is 4. The van der Waals surface area contributed by atoms with Gasteiger partial charge in [0.2, 0.25) is 0 Å². The van der Waals surface area contributed by atoms with Crippen molar-refractivity contribution in [3.63, 3.8) is 0 Å². The van der Waals surface area contributed by atoms with Crippen LogP contribution in [0.1, 0.15) is 48.7 Å². The molecule has 0 saturated heterocycles. The summed E-state index contributed by atoms with van der Waals surface area (Å²) in [6, 6.07) is 8.39. The summed E-state index contributed by atoms with van der Waals surface area (Å²) in [7, 11) is 0. The Balaban J connectivity index is 2.89. The maximum absolute atomic E-state index is 12.1. The summed E-state index contributed by atoms with van der Waals surface area (Å²) in [5, 5.41) is 9.41. The van der Waals surface area contributed by atoms with Gasteiger partial charge in [-0.1, -0.05) is 32.9 Å². The summed E-state index contributed by atoms with van der Waals surface area (Å²) in [6.45, 7) is 8.23. The number of nitriles is 1. The third-order valence-corrected chi connectivity index (χ3v) is 4.08. The molecule has 3 nitrogen and oxygen atoms in total. The molecule has 1 N–H and O–H groups in total. The van der Waals surface area contributed by atoms with Gasteiger partial charge in [-0.25, -0.2) is 0 Å². The van der Waals surface area contributed by atoms with E-state index in [4.69, 9.17) is 0 Å². The van der Waals surface area contributed by atoms with Crippen molar-refractivity contribution < 1.29 is 0 Å². The number of benzene rings is 1. The Bertz CT molecular complexity index is 769. The van der Waals surface area contributed by atoms with E-state index in [2.05, 4.69) is 44.0 Å². The van der Waals surface area contributed by atoms with Gasteiger partial charge in [0.1, 0.15) is 11.6 Å². The summed E-state index contributed by atoms with van der Waals surface area (Å²) >= 11 is 0. The molecule has 0 aliphatic heterocycles. The molecule has 0 amide bonds. The van der Waals surface area contributed by atoms with Crippen molar-refractivity contribution in [3.8, 4) is 17.2 Å². The van der Waals surface area contributed by atoms with Crippen molar-refractivity contribution in [1.82, 2.24) is 4.98 Å². The molecule has 2 aromatic rings. The highest BCUT2D eigenvalue weighted by Crippen LogP contribution is 2.32. The molecule has 0 fully saturated rings. The number of pyridine rings is 1. The summed E-state index contributed by atoms with van der Waals surface area (Å²) in [6.07, 6.45) is 2.75. The van der Waals surface area contributed by atoms with Gasteiger partial charge in [-0.15, -0.1) is 0 Å². The number of nitrogens with zero attached hydrogens (tertiary/aromatic N) is 1. The maximum Gasteiger partial charge on any atom is 0.266 e. The molecule has 0 aliphatic carbocycles. The smallest absolute Gasteiger partial charge is 0.266 e. The Kier molecular flexibility index (Phi) is 4.82. The van der Waals surface area contributed by atoms with Gasteiger partial charge in [0.15, 0.2) is 0 Å². The second kappa shape index (κ2) is 6.62. The molecule has 0 atom stereocenters. The molecule has 1 heterocycles. The highest BCUT2D eigenvalue weighted by molar-refractivity contribution is 5.76. The molecule has 3 heteroatoms. The SMILES string of the molecule is CCc1cc(CC)c(-c2cc(C)[nH]c(=O)c2C#N)c(CC)c1. The van der Waals surface area contributed by atoms with Gasteiger partial charge >= 0.3 is 0 Å². The monoisotopic (exact) mass is 294 g/mol. The number of hydrogen-bond acceptors (Lipinski definition) is 2. The van der Waals surface area contributed by atoms with E-state index in [0.717, 1.165) is 36.1 Å². The summed E-state index contributed by atoms with van der Waals surface area (Å²) in [5.74, 6) is 0. The molecule has 1 aromatic carbocycles. The average molecular weight is 294 g/mol. The second-order valence-corrected chi connectivity index (χ2v) is 5.53. The van der Waals surface area contributed by atoms with Crippen molar-refractivity contribution in [3.05, 3.63) is 56.5 Å². The third-order valence-electron chi connectivity index (χ3n) is 4.08. The normalized spacial score (nSPS) is 10.5. The summed E-state index contributed by atoms with van der Waals surface area (Å²) < 4.78 is 0. The fourth-order valence-electron chi connectivity index (χ4n) is 2.94. The van der Waals surface area contributed by atoms with E-state index >= 15 is 0 Å². The molecule has 0 aliphatic rings. The Labute approximate surface area is 131 Å². The van der Waals surface area contributed by atoms with Crippen molar-refractivity contribution in [1.29, 1.82) is 5.26 Å². The number of aromatic amines is 1. The van der Waals surface area contributed by atoms with Gasteiger partial charge in [0, 0.05) is 11.3 Å². The topological polar surface area (TPSA) is 56.6 Å². The van der Waals surface area contributed by atoms with Crippen LogP contribution < -0.4 is 5.56 Å². The number of hydrogen-bond donors (Lipinski definition) is 1. The quantitative estimate of drug-likeness (QED) is 0.929. The second-order valence-electron chi connectivity index (χ2n) is 5.53. The fraction of sp³-hybridized carbons (Fsp3) is 0.368. The average Bonchev–Trinajstić information content (AvgIpc) is 2.52. The standard InChI is InChI=1S/C19H22N2O/c1-5-13-9-14(6-2)18(15(7-3)10-13)16-8-12(4)21-19(22)17(16)11-20/h8-10H,5-7H2,1-4H3,(H,21,22). The van der Waals surface area contributed by atoms with Gasteiger partial charge in [0.25, 0.3) is 5.56 Å². The van der Waals surface area contributed by atoms with E-state index in [1.807, 2.05) is 13.0 Å². The number of aryl methyl sites for hydroxylation is 4. The predicted octanol–water partition coefficient (Wildman–Crippen LogP) is 3.91. The predicted molar refractivity (Wildman–Crippen MR) is 90.1 cm³/mol. The van der Waals surface area contributed by atoms with Gasteiger partial charge in [-0.2, -0.15) is 5.26 Å². The van der Waals surface area contributed by atoms with E-state index in [9.17, 15) is 10.1 Å². The van der Waals surface area contributed by atoms with E-state index < -0.39 is 0 Å². The lowest BCUT2D eigenvalue weighted by Crippen LogP contribution is -2.14. The van der Waals surface area contributed by atoms with Crippen molar-refractivity contribution >= 4 is 0 Å². The lowest BCUT2D eigenvalue weighted by Gasteiger charge is -2.17. The first kappa shape index (κ1) is 16.0. The summed E-state index contributed by atoms with van der Waals surface area (Å²) in [5.41, 5.74) is 6.23. The van der Waals surface area contributed by atoms with Crippen LogP contribution in [0.5, 0.6) is 0 Å². The first-order valence-electron chi connectivity index (χ1n) is 7.84. The molecular formula is C19H22N2O. The number of nitrogens with one attached hydrogen (secondary N) is 1. The minimum Gasteiger partial charge on any atom is -0.325 e. The van der Waals surface area contributed by atoms with Crippen LogP contribution in [0.25, 0.3) is 11.1 Å². The molecule has 0 unspecified atom stereocenters. The van der Waals surface area contributed by atoms with Gasteiger partial charge < -0.3 is 4.98 Å². The Morgan fingerprint density at radius 3 is 2.09 bits per heavy atom. The van der Waals surface area contributed by atoms with Crippen LogP contribution in [0.2, 0.25) is 0 Å². The zero-order chi connectivity index (χ0) is 16.3. The maximum atomic E-state index is 12.1. The van der Waals surface area contributed by atoms with Gasteiger partial charge in [0.05, 0.1) is 0 Å². The zero-order valence-electron chi connectivity index (χ0n) is 13.7. The van der Waals surface area contributed by atoms with Gasteiger partial charge in [-0.05, 0) is 54.5 Å². The van der Waals surface area contributed by atoms with Crippen LogP contribution in [0.4, 0.5) is 0 Å². The Morgan fingerprint density at radius 2 is 1.64 bits per heavy atom. The van der Waals surface area contributed by atoms with Crippen molar-refractivity contribution in [2.24, 2.45) is 0 Å². The van der Waals surface area contributed by atoms with E-state index in [1.54, 1.807) is 0 Å².